The molecule has 0 spiro atoms. The summed E-state index contributed by atoms with van der Waals surface area (Å²) in [7, 11) is 0. The van der Waals surface area contributed by atoms with Gasteiger partial charge in [0.15, 0.2) is 0 Å². The Morgan fingerprint density at radius 2 is 1.68 bits per heavy atom. The van der Waals surface area contributed by atoms with Crippen LogP contribution in [0.2, 0.25) is 0 Å². The van der Waals surface area contributed by atoms with E-state index in [1.54, 1.807) is 4.90 Å². The van der Waals surface area contributed by atoms with Crippen LogP contribution in [-0.4, -0.2) is 48.3 Å². The fraction of sp³-hybridized carbons (Fsp3) is 0.895. The highest BCUT2D eigenvalue weighted by atomic mass is 16.6. The van der Waals surface area contributed by atoms with Crippen molar-refractivity contribution in [1.29, 1.82) is 0 Å². The predicted molar refractivity (Wildman–Crippen MR) is 98.6 cm³/mol. The van der Waals surface area contributed by atoms with Gasteiger partial charge in [-0.3, -0.25) is 0 Å². The molecule has 1 aliphatic heterocycles. The first-order valence-electron chi connectivity index (χ1n) is 9.86. The largest absolute Gasteiger partial charge is 0.444 e. The van der Waals surface area contributed by atoms with Crippen LogP contribution < -0.4 is 10.6 Å². The van der Waals surface area contributed by atoms with Gasteiger partial charge in [0.2, 0.25) is 0 Å². The van der Waals surface area contributed by atoms with E-state index in [1.165, 1.54) is 32.1 Å². The Balaban J connectivity index is 1.59. The van der Waals surface area contributed by atoms with Crippen LogP contribution >= 0.6 is 0 Å². The number of carbonyl (C=O) groups excluding carboxylic acids is 2. The van der Waals surface area contributed by atoms with E-state index < -0.39 is 5.60 Å². The molecule has 2 fully saturated rings. The Labute approximate surface area is 152 Å². The molecule has 1 aliphatic carbocycles. The zero-order valence-electron chi connectivity index (χ0n) is 16.1. The minimum absolute atomic E-state index is 0.0773. The molecule has 2 aliphatic rings. The third kappa shape index (κ3) is 7.53. The van der Waals surface area contributed by atoms with Crippen molar-refractivity contribution in [3.63, 3.8) is 0 Å². The lowest BCUT2D eigenvalue weighted by Crippen LogP contribution is -2.50. The van der Waals surface area contributed by atoms with Crippen LogP contribution in [0.15, 0.2) is 0 Å². The summed E-state index contributed by atoms with van der Waals surface area (Å²) in [6.07, 6.45) is 9.04. The molecule has 2 N–H and O–H groups in total. The summed E-state index contributed by atoms with van der Waals surface area (Å²) < 4.78 is 5.39. The number of hydrogen-bond acceptors (Lipinski definition) is 3. The highest BCUT2D eigenvalue weighted by molar-refractivity contribution is 5.74. The number of rotatable bonds is 4. The molecular weight excluding hydrogens is 318 g/mol. The van der Waals surface area contributed by atoms with E-state index in [0.717, 1.165) is 31.7 Å². The number of amides is 3. The summed E-state index contributed by atoms with van der Waals surface area (Å²) in [6.45, 7) is 7.63. The maximum Gasteiger partial charge on any atom is 0.410 e. The quantitative estimate of drug-likeness (QED) is 0.810. The van der Waals surface area contributed by atoms with E-state index in [9.17, 15) is 9.59 Å². The van der Waals surface area contributed by atoms with Gasteiger partial charge in [-0.1, -0.05) is 32.1 Å². The molecule has 25 heavy (non-hydrogen) atoms. The Bertz CT molecular complexity index is 434. The second-order valence-corrected chi connectivity index (χ2v) is 8.43. The monoisotopic (exact) mass is 353 g/mol. The second kappa shape index (κ2) is 9.30. The highest BCUT2D eigenvalue weighted by Gasteiger charge is 2.27. The maximum atomic E-state index is 12.0. The number of urea groups is 1. The Kier molecular flexibility index (Phi) is 7.38. The zero-order chi connectivity index (χ0) is 18.3. The molecule has 0 unspecified atom stereocenters. The van der Waals surface area contributed by atoms with Crippen molar-refractivity contribution in [3.8, 4) is 0 Å². The fourth-order valence-electron chi connectivity index (χ4n) is 3.63. The average molecular weight is 354 g/mol. The van der Waals surface area contributed by atoms with Crippen molar-refractivity contribution >= 4 is 12.1 Å². The first kappa shape index (κ1) is 19.9. The first-order chi connectivity index (χ1) is 11.8. The lowest BCUT2D eigenvalue weighted by Gasteiger charge is -2.33. The van der Waals surface area contributed by atoms with Gasteiger partial charge < -0.3 is 20.3 Å². The van der Waals surface area contributed by atoms with Crippen molar-refractivity contribution < 1.29 is 14.3 Å². The van der Waals surface area contributed by atoms with E-state index in [1.807, 2.05) is 20.8 Å². The van der Waals surface area contributed by atoms with Crippen molar-refractivity contribution in [3.05, 3.63) is 0 Å². The van der Waals surface area contributed by atoms with Gasteiger partial charge in [0.1, 0.15) is 5.60 Å². The average Bonchev–Trinajstić information content (AvgIpc) is 2.55. The number of carbonyl (C=O) groups is 2. The van der Waals surface area contributed by atoms with Crippen molar-refractivity contribution in [2.75, 3.05) is 19.6 Å². The van der Waals surface area contributed by atoms with Gasteiger partial charge in [0.05, 0.1) is 0 Å². The van der Waals surface area contributed by atoms with Gasteiger partial charge in [-0.05, 0) is 46.0 Å². The van der Waals surface area contributed by atoms with Gasteiger partial charge in [-0.2, -0.15) is 0 Å². The Hall–Kier alpha value is -1.46. The van der Waals surface area contributed by atoms with Gasteiger partial charge in [-0.15, -0.1) is 0 Å². The van der Waals surface area contributed by atoms with Crippen LogP contribution in [0, 0.1) is 5.92 Å². The van der Waals surface area contributed by atoms with Crippen LogP contribution in [0.3, 0.4) is 0 Å². The standard InChI is InChI=1S/C19H35N3O3/c1-19(2,3)25-18(24)22-13-10-16(11-14-22)21-17(23)20-12-9-15-7-5-4-6-8-15/h15-16H,4-14H2,1-3H3,(H2,20,21,23). The summed E-state index contributed by atoms with van der Waals surface area (Å²) in [5.74, 6) is 0.783. The molecule has 6 heteroatoms. The van der Waals surface area contributed by atoms with Gasteiger partial charge in [0, 0.05) is 25.7 Å². The molecule has 0 aromatic carbocycles. The van der Waals surface area contributed by atoms with Crippen molar-refractivity contribution in [2.24, 2.45) is 5.92 Å². The van der Waals surface area contributed by atoms with E-state index in [0.29, 0.717) is 13.1 Å². The fourth-order valence-corrected chi connectivity index (χ4v) is 3.63. The second-order valence-electron chi connectivity index (χ2n) is 8.43. The van der Waals surface area contributed by atoms with Crippen LogP contribution in [0.25, 0.3) is 0 Å². The number of ether oxygens (including phenoxy) is 1. The third-order valence-electron chi connectivity index (χ3n) is 5.04. The Morgan fingerprint density at radius 3 is 2.28 bits per heavy atom. The molecule has 0 atom stereocenters. The summed E-state index contributed by atoms with van der Waals surface area (Å²) >= 11 is 0. The maximum absolute atomic E-state index is 12.0. The van der Waals surface area contributed by atoms with E-state index >= 15 is 0 Å². The molecule has 0 aromatic rings. The topological polar surface area (TPSA) is 70.7 Å². The molecular formula is C19H35N3O3. The summed E-state index contributed by atoms with van der Waals surface area (Å²) in [4.78, 5) is 25.8. The lowest BCUT2D eigenvalue weighted by atomic mass is 9.87. The molecule has 144 valence electrons. The van der Waals surface area contributed by atoms with Gasteiger partial charge in [0.25, 0.3) is 0 Å². The number of hydrogen-bond donors (Lipinski definition) is 2. The Morgan fingerprint density at radius 1 is 1.04 bits per heavy atom. The lowest BCUT2D eigenvalue weighted by molar-refractivity contribution is 0.0201. The highest BCUT2D eigenvalue weighted by Crippen LogP contribution is 2.25. The first-order valence-corrected chi connectivity index (χ1v) is 9.86. The zero-order valence-corrected chi connectivity index (χ0v) is 16.1. The minimum Gasteiger partial charge on any atom is -0.444 e. The van der Waals surface area contributed by atoms with E-state index in [2.05, 4.69) is 10.6 Å². The van der Waals surface area contributed by atoms with E-state index in [-0.39, 0.29) is 18.2 Å². The number of likely N-dealkylation sites (tertiary alicyclic amines) is 1. The normalized spacial score (nSPS) is 20.2. The van der Waals surface area contributed by atoms with Gasteiger partial charge in [-0.25, -0.2) is 9.59 Å². The molecule has 0 bridgehead atoms. The van der Waals surface area contributed by atoms with Crippen LogP contribution in [0.4, 0.5) is 9.59 Å². The SMILES string of the molecule is CC(C)(C)OC(=O)N1CCC(NC(=O)NCCC2CCCCC2)CC1. The van der Waals surface area contributed by atoms with Crippen LogP contribution in [-0.2, 0) is 4.74 Å². The predicted octanol–water partition coefficient (Wildman–Crippen LogP) is 3.66. The number of nitrogens with one attached hydrogen (secondary N) is 2. The molecule has 0 aromatic heterocycles. The molecule has 2 rings (SSSR count). The molecule has 0 radical (unpaired) electrons. The summed E-state index contributed by atoms with van der Waals surface area (Å²) in [6, 6.07) is 0.0555. The van der Waals surface area contributed by atoms with E-state index in [4.69, 9.17) is 4.74 Å². The summed E-state index contributed by atoms with van der Waals surface area (Å²) in [5.41, 5.74) is -0.468. The summed E-state index contributed by atoms with van der Waals surface area (Å²) in [5, 5.41) is 6.02. The third-order valence-corrected chi connectivity index (χ3v) is 5.04. The number of piperidine rings is 1. The van der Waals surface area contributed by atoms with Gasteiger partial charge >= 0.3 is 12.1 Å². The van der Waals surface area contributed by atoms with Crippen LogP contribution in [0.1, 0.15) is 72.1 Å². The smallest absolute Gasteiger partial charge is 0.410 e. The molecule has 1 saturated heterocycles. The van der Waals surface area contributed by atoms with Crippen molar-refractivity contribution in [2.45, 2.75) is 83.8 Å². The molecule has 6 nitrogen and oxygen atoms in total. The minimum atomic E-state index is -0.468. The molecule has 3 amide bonds. The molecule has 1 heterocycles. The molecule has 1 saturated carbocycles. The van der Waals surface area contributed by atoms with Crippen LogP contribution in [0.5, 0.6) is 0 Å². The number of nitrogens with zero attached hydrogens (tertiary/aromatic N) is 1. The van der Waals surface area contributed by atoms with Crippen molar-refractivity contribution in [1.82, 2.24) is 15.5 Å².